The molecule has 1 heterocycles. The molecule has 6 heteroatoms. The second-order valence-corrected chi connectivity index (χ2v) is 5.59. The van der Waals surface area contributed by atoms with Crippen LogP contribution in [0.5, 0.6) is 5.75 Å². The van der Waals surface area contributed by atoms with Crippen LogP contribution in [-0.4, -0.2) is 37.5 Å². The predicted molar refractivity (Wildman–Crippen MR) is 83.5 cm³/mol. The van der Waals surface area contributed by atoms with Crippen LogP contribution in [0.3, 0.4) is 0 Å². The maximum Gasteiger partial charge on any atom is 0.337 e. The van der Waals surface area contributed by atoms with Crippen LogP contribution in [0.1, 0.15) is 35.2 Å². The smallest absolute Gasteiger partial charge is 0.337 e. The number of benzene rings is 1. The molecule has 5 nitrogen and oxygen atoms in total. The van der Waals surface area contributed by atoms with E-state index in [-0.39, 0.29) is 18.0 Å². The molecule has 0 saturated carbocycles. The van der Waals surface area contributed by atoms with Crippen molar-refractivity contribution in [3.63, 3.8) is 0 Å². The summed E-state index contributed by atoms with van der Waals surface area (Å²) in [6.45, 7) is 0.460. The zero-order chi connectivity index (χ0) is 15.9. The summed E-state index contributed by atoms with van der Waals surface area (Å²) in [5.74, 6) is 0.990. The lowest BCUT2D eigenvalue weighted by atomic mass is 10.1. The molecule has 0 radical (unpaired) electrons. The van der Waals surface area contributed by atoms with Gasteiger partial charge in [-0.15, -0.1) is 11.6 Å². The van der Waals surface area contributed by atoms with Crippen LogP contribution in [0.15, 0.2) is 18.2 Å². The second kappa shape index (κ2) is 8.03. The monoisotopic (exact) mass is 325 g/mol. The van der Waals surface area contributed by atoms with E-state index in [0.717, 1.165) is 24.2 Å². The first-order valence-corrected chi connectivity index (χ1v) is 7.88. The van der Waals surface area contributed by atoms with Crippen molar-refractivity contribution in [1.29, 1.82) is 0 Å². The van der Waals surface area contributed by atoms with E-state index in [1.807, 2.05) is 0 Å². The van der Waals surface area contributed by atoms with E-state index in [0.29, 0.717) is 30.8 Å². The predicted octanol–water partition coefficient (Wildman–Crippen LogP) is 2.30. The van der Waals surface area contributed by atoms with Crippen LogP contribution in [-0.2, 0) is 16.0 Å². The maximum atomic E-state index is 11.7. The number of methoxy groups -OCH3 is 1. The number of esters is 1. The normalized spacial score (nSPS) is 15.8. The SMILES string of the molecule is COC(=O)c1ccc2c(c1)C[C@@H](CNC(=O)CCCCCl)O2. The fourth-order valence-electron chi connectivity index (χ4n) is 2.38. The molecule has 0 unspecified atom stereocenters. The molecule has 1 aromatic carbocycles. The fourth-order valence-corrected chi connectivity index (χ4v) is 2.56. The molecule has 22 heavy (non-hydrogen) atoms. The Morgan fingerprint density at radius 3 is 2.95 bits per heavy atom. The van der Waals surface area contributed by atoms with Gasteiger partial charge in [-0.25, -0.2) is 4.79 Å². The standard InChI is InChI=1S/C16H20ClNO4/c1-21-16(20)11-5-6-14-12(8-11)9-13(22-14)10-18-15(19)4-2-3-7-17/h5-6,8,13H,2-4,7,9-10H2,1H3,(H,18,19)/t13-/m0/s1. The van der Waals surface area contributed by atoms with E-state index in [1.54, 1.807) is 18.2 Å². The number of unbranched alkanes of at least 4 members (excludes halogenated alkanes) is 1. The van der Waals surface area contributed by atoms with E-state index in [2.05, 4.69) is 5.32 Å². The topological polar surface area (TPSA) is 64.6 Å². The quantitative estimate of drug-likeness (QED) is 0.474. The summed E-state index contributed by atoms with van der Waals surface area (Å²) in [7, 11) is 1.36. The molecule has 1 aliphatic heterocycles. The van der Waals surface area contributed by atoms with Gasteiger partial charge in [-0.1, -0.05) is 0 Å². The molecule has 0 spiro atoms. The molecule has 1 N–H and O–H groups in total. The highest BCUT2D eigenvalue weighted by Crippen LogP contribution is 2.29. The van der Waals surface area contributed by atoms with Gasteiger partial charge in [0.05, 0.1) is 19.2 Å². The Bertz CT molecular complexity index is 547. The summed E-state index contributed by atoms with van der Waals surface area (Å²) < 4.78 is 10.5. The molecule has 0 saturated heterocycles. The van der Waals surface area contributed by atoms with Crippen LogP contribution in [0, 0.1) is 0 Å². The Morgan fingerprint density at radius 1 is 1.41 bits per heavy atom. The summed E-state index contributed by atoms with van der Waals surface area (Å²) in [6, 6.07) is 5.23. The first-order chi connectivity index (χ1) is 10.6. The van der Waals surface area contributed by atoms with Crippen molar-refractivity contribution < 1.29 is 19.1 Å². The average Bonchev–Trinajstić information content (AvgIpc) is 2.94. The summed E-state index contributed by atoms with van der Waals surface area (Å²) >= 11 is 5.58. The highest BCUT2D eigenvalue weighted by Gasteiger charge is 2.24. The second-order valence-electron chi connectivity index (χ2n) is 5.21. The molecule has 1 aliphatic rings. The van der Waals surface area contributed by atoms with Gasteiger partial charge in [0.2, 0.25) is 5.91 Å². The van der Waals surface area contributed by atoms with Crippen molar-refractivity contribution in [1.82, 2.24) is 5.32 Å². The van der Waals surface area contributed by atoms with E-state index in [9.17, 15) is 9.59 Å². The van der Waals surface area contributed by atoms with Crippen LogP contribution in [0.4, 0.5) is 0 Å². The molecular weight excluding hydrogens is 306 g/mol. The first kappa shape index (κ1) is 16.6. The number of nitrogens with one attached hydrogen (secondary N) is 1. The minimum Gasteiger partial charge on any atom is -0.488 e. The molecule has 1 atom stereocenters. The lowest BCUT2D eigenvalue weighted by molar-refractivity contribution is -0.121. The molecular formula is C16H20ClNO4. The van der Waals surface area contributed by atoms with Crippen molar-refractivity contribution in [3.8, 4) is 5.75 Å². The largest absolute Gasteiger partial charge is 0.488 e. The van der Waals surface area contributed by atoms with Gasteiger partial charge >= 0.3 is 5.97 Å². The third-order valence-electron chi connectivity index (χ3n) is 3.54. The van der Waals surface area contributed by atoms with Crippen molar-refractivity contribution in [2.45, 2.75) is 31.8 Å². The van der Waals surface area contributed by atoms with Crippen LogP contribution in [0.25, 0.3) is 0 Å². The van der Waals surface area contributed by atoms with Gasteiger partial charge in [0.25, 0.3) is 0 Å². The van der Waals surface area contributed by atoms with Crippen molar-refractivity contribution in [3.05, 3.63) is 29.3 Å². The Morgan fingerprint density at radius 2 is 2.23 bits per heavy atom. The van der Waals surface area contributed by atoms with Gasteiger partial charge < -0.3 is 14.8 Å². The number of hydrogen-bond acceptors (Lipinski definition) is 4. The van der Waals surface area contributed by atoms with Gasteiger partial charge in [-0.3, -0.25) is 4.79 Å². The van der Waals surface area contributed by atoms with Gasteiger partial charge in [0.1, 0.15) is 11.9 Å². The molecule has 120 valence electrons. The zero-order valence-electron chi connectivity index (χ0n) is 12.6. The Kier molecular flexibility index (Phi) is 6.07. The maximum absolute atomic E-state index is 11.7. The Hall–Kier alpha value is -1.75. The number of alkyl halides is 1. The molecule has 1 aromatic rings. The van der Waals surface area contributed by atoms with E-state index in [4.69, 9.17) is 21.1 Å². The number of fused-ring (bicyclic) bond motifs is 1. The number of carbonyl (C=O) groups excluding carboxylic acids is 2. The van der Waals surface area contributed by atoms with Crippen LogP contribution in [0.2, 0.25) is 0 Å². The fraction of sp³-hybridized carbons (Fsp3) is 0.500. The number of rotatable bonds is 7. The van der Waals surface area contributed by atoms with Gasteiger partial charge in [0, 0.05) is 18.7 Å². The number of carbonyl (C=O) groups is 2. The minimum atomic E-state index is -0.362. The Balaban J connectivity index is 1.82. The highest BCUT2D eigenvalue weighted by atomic mass is 35.5. The lowest BCUT2D eigenvalue weighted by Crippen LogP contribution is -2.34. The lowest BCUT2D eigenvalue weighted by Gasteiger charge is -2.11. The molecule has 0 fully saturated rings. The number of ether oxygens (including phenoxy) is 2. The van der Waals surface area contributed by atoms with Crippen molar-refractivity contribution >= 4 is 23.5 Å². The minimum absolute atomic E-state index is 0.0138. The molecule has 0 bridgehead atoms. The van der Waals surface area contributed by atoms with Crippen LogP contribution < -0.4 is 10.1 Å². The molecule has 1 amide bonds. The summed E-state index contributed by atoms with van der Waals surface area (Å²) in [5.41, 5.74) is 1.47. The average molecular weight is 326 g/mol. The van der Waals surface area contributed by atoms with Gasteiger partial charge in [-0.2, -0.15) is 0 Å². The third-order valence-corrected chi connectivity index (χ3v) is 3.80. The van der Waals surface area contributed by atoms with E-state index < -0.39 is 0 Å². The van der Waals surface area contributed by atoms with Crippen LogP contribution >= 0.6 is 11.6 Å². The number of halogens is 1. The van der Waals surface area contributed by atoms with Crippen molar-refractivity contribution in [2.75, 3.05) is 19.5 Å². The summed E-state index contributed by atoms with van der Waals surface area (Å²) in [6.07, 6.45) is 2.70. The van der Waals surface area contributed by atoms with Crippen molar-refractivity contribution in [2.24, 2.45) is 0 Å². The van der Waals surface area contributed by atoms with Gasteiger partial charge in [0.15, 0.2) is 0 Å². The number of hydrogen-bond donors (Lipinski definition) is 1. The van der Waals surface area contributed by atoms with E-state index in [1.165, 1.54) is 7.11 Å². The summed E-state index contributed by atoms with van der Waals surface area (Å²) in [5, 5.41) is 2.87. The van der Waals surface area contributed by atoms with E-state index >= 15 is 0 Å². The third kappa shape index (κ3) is 4.37. The van der Waals surface area contributed by atoms with Gasteiger partial charge in [-0.05, 0) is 36.6 Å². The number of amides is 1. The molecule has 2 rings (SSSR count). The molecule has 0 aromatic heterocycles. The molecule has 0 aliphatic carbocycles. The zero-order valence-corrected chi connectivity index (χ0v) is 13.3. The highest BCUT2D eigenvalue weighted by molar-refractivity contribution is 6.17. The summed E-state index contributed by atoms with van der Waals surface area (Å²) in [4.78, 5) is 23.2. The first-order valence-electron chi connectivity index (χ1n) is 7.34. The Labute approximate surface area is 134 Å².